The zero-order valence-corrected chi connectivity index (χ0v) is 8.70. The van der Waals surface area contributed by atoms with Crippen molar-refractivity contribution in [3.05, 3.63) is 22.8 Å². The van der Waals surface area contributed by atoms with Gasteiger partial charge < -0.3 is 16.6 Å². The molecule has 0 aliphatic rings. The fourth-order valence-corrected chi connectivity index (χ4v) is 1.32. The van der Waals surface area contributed by atoms with Crippen LogP contribution in [-0.2, 0) is 0 Å². The highest BCUT2D eigenvalue weighted by Gasteiger charge is 2.18. The van der Waals surface area contributed by atoms with E-state index in [0.717, 1.165) is 0 Å². The van der Waals surface area contributed by atoms with Crippen LogP contribution in [0.5, 0.6) is 0 Å². The summed E-state index contributed by atoms with van der Waals surface area (Å²) in [4.78, 5) is 3.85. The number of nitrogens with two attached hydrogens (primary N) is 2. The summed E-state index contributed by atoms with van der Waals surface area (Å²) in [6.45, 7) is 1.89. The molecule has 5 N–H and O–H groups in total. The summed E-state index contributed by atoms with van der Waals surface area (Å²) < 4.78 is 0. The van der Waals surface area contributed by atoms with Gasteiger partial charge in [0, 0.05) is 17.8 Å². The van der Waals surface area contributed by atoms with E-state index in [1.54, 1.807) is 6.07 Å². The van der Waals surface area contributed by atoms with Crippen molar-refractivity contribution in [3.63, 3.8) is 0 Å². The molecule has 0 aliphatic carbocycles. The SMILES string of the molecule is CC[C@@H](N)C(O)c1cc(Cl)cnc1N. The van der Waals surface area contributed by atoms with Gasteiger partial charge in [0.05, 0.1) is 11.1 Å². The number of halogens is 1. The number of pyridine rings is 1. The molecule has 1 unspecified atom stereocenters. The van der Waals surface area contributed by atoms with E-state index in [4.69, 9.17) is 23.1 Å². The molecule has 0 amide bonds. The van der Waals surface area contributed by atoms with Gasteiger partial charge in [-0.2, -0.15) is 0 Å². The lowest BCUT2D eigenvalue weighted by atomic mass is 10.0. The van der Waals surface area contributed by atoms with E-state index in [1.165, 1.54) is 6.20 Å². The second kappa shape index (κ2) is 4.59. The van der Waals surface area contributed by atoms with Crippen LogP contribution in [0.2, 0.25) is 5.02 Å². The van der Waals surface area contributed by atoms with Gasteiger partial charge >= 0.3 is 0 Å². The van der Waals surface area contributed by atoms with Crippen LogP contribution in [0.3, 0.4) is 0 Å². The zero-order valence-electron chi connectivity index (χ0n) is 7.94. The van der Waals surface area contributed by atoms with Gasteiger partial charge in [-0.1, -0.05) is 18.5 Å². The smallest absolute Gasteiger partial charge is 0.129 e. The second-order valence-corrected chi connectivity index (χ2v) is 3.58. The van der Waals surface area contributed by atoms with Crippen molar-refractivity contribution < 1.29 is 5.11 Å². The third-order valence-corrected chi connectivity index (χ3v) is 2.32. The number of aliphatic hydroxyl groups excluding tert-OH is 1. The monoisotopic (exact) mass is 215 g/mol. The molecule has 0 spiro atoms. The minimum absolute atomic E-state index is 0.269. The van der Waals surface area contributed by atoms with Crippen LogP contribution in [0.15, 0.2) is 12.3 Å². The standard InChI is InChI=1S/C9H14ClN3O/c1-2-7(11)8(14)6-3-5(10)4-13-9(6)12/h3-4,7-8,14H,2,11H2,1H3,(H2,12,13)/t7-,8?/m1/s1. The predicted molar refractivity (Wildman–Crippen MR) is 56.9 cm³/mol. The van der Waals surface area contributed by atoms with Gasteiger partial charge in [-0.15, -0.1) is 0 Å². The van der Waals surface area contributed by atoms with E-state index in [-0.39, 0.29) is 11.9 Å². The van der Waals surface area contributed by atoms with Gasteiger partial charge in [-0.05, 0) is 12.5 Å². The fourth-order valence-electron chi connectivity index (χ4n) is 1.16. The zero-order chi connectivity index (χ0) is 10.7. The average molecular weight is 216 g/mol. The summed E-state index contributed by atoms with van der Waals surface area (Å²) in [7, 11) is 0. The van der Waals surface area contributed by atoms with Crippen molar-refractivity contribution >= 4 is 17.4 Å². The topological polar surface area (TPSA) is 85.2 Å². The molecule has 1 aromatic rings. The maximum atomic E-state index is 9.79. The summed E-state index contributed by atoms with van der Waals surface area (Å²) in [5.74, 6) is 0.269. The quantitative estimate of drug-likeness (QED) is 0.705. The second-order valence-electron chi connectivity index (χ2n) is 3.14. The van der Waals surface area contributed by atoms with E-state index in [0.29, 0.717) is 17.0 Å². The maximum absolute atomic E-state index is 9.79. The molecular formula is C9H14ClN3O. The van der Waals surface area contributed by atoms with Crippen molar-refractivity contribution in [2.75, 3.05) is 5.73 Å². The minimum atomic E-state index is -0.814. The highest BCUT2D eigenvalue weighted by molar-refractivity contribution is 6.30. The lowest BCUT2D eigenvalue weighted by Gasteiger charge is -2.18. The highest BCUT2D eigenvalue weighted by Crippen LogP contribution is 2.24. The van der Waals surface area contributed by atoms with Crippen molar-refractivity contribution in [2.24, 2.45) is 5.73 Å². The van der Waals surface area contributed by atoms with E-state index in [9.17, 15) is 5.11 Å². The van der Waals surface area contributed by atoms with Gasteiger partial charge in [0.25, 0.3) is 0 Å². The van der Waals surface area contributed by atoms with Crippen molar-refractivity contribution in [1.29, 1.82) is 0 Å². The number of rotatable bonds is 3. The summed E-state index contributed by atoms with van der Waals surface area (Å²) in [5.41, 5.74) is 11.8. The molecule has 0 radical (unpaired) electrons. The number of hydrogen-bond donors (Lipinski definition) is 3. The molecule has 78 valence electrons. The fraction of sp³-hybridized carbons (Fsp3) is 0.444. The number of nitrogens with zero attached hydrogens (tertiary/aromatic N) is 1. The number of hydrogen-bond acceptors (Lipinski definition) is 4. The molecule has 0 saturated carbocycles. The summed E-state index contributed by atoms with van der Waals surface area (Å²) >= 11 is 5.74. The average Bonchev–Trinajstić information content (AvgIpc) is 2.19. The van der Waals surface area contributed by atoms with Crippen LogP contribution >= 0.6 is 11.6 Å². The summed E-state index contributed by atoms with van der Waals surface area (Å²) in [6.07, 6.45) is 1.28. The summed E-state index contributed by atoms with van der Waals surface area (Å²) in [5, 5.41) is 10.2. The first-order valence-corrected chi connectivity index (χ1v) is 4.78. The number of anilines is 1. The Morgan fingerprint density at radius 2 is 2.29 bits per heavy atom. The molecule has 1 heterocycles. The molecular weight excluding hydrogens is 202 g/mol. The Hall–Kier alpha value is -0.840. The summed E-state index contributed by atoms with van der Waals surface area (Å²) in [6, 6.07) is 1.24. The molecule has 4 nitrogen and oxygen atoms in total. The van der Waals surface area contributed by atoms with E-state index in [2.05, 4.69) is 4.98 Å². The lowest BCUT2D eigenvalue weighted by Crippen LogP contribution is -2.28. The number of nitrogen functional groups attached to an aromatic ring is 1. The molecule has 0 aromatic carbocycles. The Morgan fingerprint density at radius 3 is 2.86 bits per heavy atom. The third-order valence-electron chi connectivity index (χ3n) is 2.11. The minimum Gasteiger partial charge on any atom is -0.387 e. The van der Waals surface area contributed by atoms with Gasteiger partial charge in [-0.3, -0.25) is 0 Å². The van der Waals surface area contributed by atoms with Gasteiger partial charge in [-0.25, -0.2) is 4.98 Å². The van der Waals surface area contributed by atoms with Crippen LogP contribution in [0, 0.1) is 0 Å². The van der Waals surface area contributed by atoms with Crippen LogP contribution in [-0.4, -0.2) is 16.1 Å². The van der Waals surface area contributed by atoms with Crippen molar-refractivity contribution in [3.8, 4) is 0 Å². The molecule has 1 rings (SSSR count). The predicted octanol–water partition coefficient (Wildman–Crippen LogP) is 1.09. The first-order chi connectivity index (χ1) is 6.56. The molecule has 2 atom stereocenters. The maximum Gasteiger partial charge on any atom is 0.129 e. The van der Waals surface area contributed by atoms with Crippen LogP contribution in [0.25, 0.3) is 0 Å². The molecule has 1 aromatic heterocycles. The molecule has 0 saturated heterocycles. The lowest BCUT2D eigenvalue weighted by molar-refractivity contribution is 0.145. The largest absolute Gasteiger partial charge is 0.387 e. The Labute approximate surface area is 87.9 Å². The van der Waals surface area contributed by atoms with Crippen molar-refractivity contribution in [2.45, 2.75) is 25.5 Å². The molecule has 14 heavy (non-hydrogen) atoms. The van der Waals surface area contributed by atoms with Gasteiger partial charge in [0.2, 0.25) is 0 Å². The molecule has 0 aliphatic heterocycles. The van der Waals surface area contributed by atoms with Crippen LogP contribution in [0.1, 0.15) is 25.0 Å². The van der Waals surface area contributed by atoms with Crippen LogP contribution in [0.4, 0.5) is 5.82 Å². The van der Waals surface area contributed by atoms with E-state index < -0.39 is 6.10 Å². The van der Waals surface area contributed by atoms with Gasteiger partial charge in [0.15, 0.2) is 0 Å². The first kappa shape index (κ1) is 11.2. The third kappa shape index (κ3) is 2.35. The van der Waals surface area contributed by atoms with E-state index in [1.807, 2.05) is 6.92 Å². The van der Waals surface area contributed by atoms with Gasteiger partial charge in [0.1, 0.15) is 5.82 Å². The molecule has 5 heteroatoms. The Kier molecular flexibility index (Phi) is 3.69. The Balaban J connectivity index is 2.99. The highest BCUT2D eigenvalue weighted by atomic mass is 35.5. The molecule has 0 bridgehead atoms. The number of aromatic nitrogens is 1. The van der Waals surface area contributed by atoms with E-state index >= 15 is 0 Å². The Bertz CT molecular complexity index is 319. The first-order valence-electron chi connectivity index (χ1n) is 4.40. The van der Waals surface area contributed by atoms with Crippen LogP contribution < -0.4 is 11.5 Å². The normalized spacial score (nSPS) is 15.1. The van der Waals surface area contributed by atoms with Crippen molar-refractivity contribution in [1.82, 2.24) is 4.98 Å². The molecule has 0 fully saturated rings. The Morgan fingerprint density at radius 1 is 1.64 bits per heavy atom. The number of aliphatic hydroxyl groups is 1.